The maximum absolute atomic E-state index is 4.96. The van der Waals surface area contributed by atoms with E-state index in [1.807, 2.05) is 64.1 Å². The fourth-order valence-electron chi connectivity index (χ4n) is 1.30. The van der Waals surface area contributed by atoms with Gasteiger partial charge in [-0.2, -0.15) is 59.3 Å². The average molecular weight is 507 g/mol. The number of methoxy groups -OCH3 is 2. The molecule has 0 aromatic carbocycles. The summed E-state index contributed by atoms with van der Waals surface area (Å²) < 4.78 is 9.92. The van der Waals surface area contributed by atoms with E-state index >= 15 is 0 Å². The number of thiophene rings is 2. The number of rotatable bonds is 9. The molecular weight excluding hydrogens is 481 g/mol. The van der Waals surface area contributed by atoms with E-state index in [-0.39, 0.29) is 0 Å². The Labute approximate surface area is 193 Å². The first-order valence-corrected chi connectivity index (χ1v) is 15.9. The van der Waals surface area contributed by atoms with Gasteiger partial charge in [-0.05, 0) is 18.8 Å². The second-order valence-electron chi connectivity index (χ2n) is 4.13. The predicted molar refractivity (Wildman–Crippen MR) is 138 cm³/mol. The van der Waals surface area contributed by atoms with Crippen LogP contribution in [0.25, 0.3) is 0 Å². The van der Waals surface area contributed by atoms with E-state index < -0.39 is 0 Å². The van der Waals surface area contributed by atoms with E-state index in [9.17, 15) is 0 Å². The van der Waals surface area contributed by atoms with Crippen molar-refractivity contribution in [3.63, 3.8) is 0 Å². The summed E-state index contributed by atoms with van der Waals surface area (Å²) in [6, 6.07) is 0. The zero-order valence-corrected chi connectivity index (χ0v) is 22.2. The van der Waals surface area contributed by atoms with Crippen LogP contribution in [0.2, 0.25) is 0 Å². The van der Waals surface area contributed by atoms with Crippen molar-refractivity contribution in [2.24, 2.45) is 0 Å². The van der Waals surface area contributed by atoms with Crippen LogP contribution in [0, 0.1) is 0 Å². The topological polar surface area (TPSA) is 18.5 Å². The van der Waals surface area contributed by atoms with Crippen LogP contribution in [0.1, 0.15) is 0 Å². The van der Waals surface area contributed by atoms with Crippen molar-refractivity contribution in [2.45, 2.75) is 9.79 Å². The van der Waals surface area contributed by atoms with Gasteiger partial charge in [0, 0.05) is 46.6 Å². The van der Waals surface area contributed by atoms with Crippen molar-refractivity contribution >= 4 is 94.1 Å². The van der Waals surface area contributed by atoms with E-state index in [1.54, 1.807) is 48.7 Å². The van der Waals surface area contributed by atoms with Gasteiger partial charge in [0.05, 0.1) is 14.2 Å². The molecule has 0 radical (unpaired) electrons. The third-order valence-electron chi connectivity index (χ3n) is 2.42. The lowest BCUT2D eigenvalue weighted by Gasteiger charge is -2.00. The van der Waals surface area contributed by atoms with Crippen LogP contribution in [0.5, 0.6) is 11.5 Å². The zero-order valence-electron chi connectivity index (χ0n) is 15.6. The van der Waals surface area contributed by atoms with Crippen molar-refractivity contribution in [1.82, 2.24) is 0 Å². The van der Waals surface area contributed by atoms with Gasteiger partial charge in [0.25, 0.3) is 0 Å². The summed E-state index contributed by atoms with van der Waals surface area (Å²) in [4.78, 5) is 2.91. The minimum Gasteiger partial charge on any atom is -0.492 e. The van der Waals surface area contributed by atoms with Gasteiger partial charge in [-0.15, -0.1) is 34.9 Å². The SMILES string of the molecule is COc1cscc1OC.CSCS.CSCSc1cscc1SCSC. The Bertz CT molecular complexity index is 501. The maximum Gasteiger partial charge on any atom is 0.171 e. The molecule has 0 aliphatic heterocycles. The summed E-state index contributed by atoms with van der Waals surface area (Å²) in [6.07, 6.45) is 6.31. The Morgan fingerprint density at radius 2 is 1.15 bits per heavy atom. The second kappa shape index (κ2) is 19.4. The van der Waals surface area contributed by atoms with E-state index in [0.29, 0.717) is 0 Å². The van der Waals surface area contributed by atoms with Crippen LogP contribution in [0.3, 0.4) is 0 Å². The third kappa shape index (κ3) is 12.5. The monoisotopic (exact) mass is 506 g/mol. The van der Waals surface area contributed by atoms with Crippen LogP contribution in [0.4, 0.5) is 0 Å². The van der Waals surface area contributed by atoms with Crippen molar-refractivity contribution in [3.05, 3.63) is 21.5 Å². The Morgan fingerprint density at radius 1 is 0.769 bits per heavy atom. The molecule has 10 heteroatoms. The molecule has 0 aliphatic rings. The molecule has 26 heavy (non-hydrogen) atoms. The van der Waals surface area contributed by atoms with Gasteiger partial charge < -0.3 is 9.47 Å². The highest BCUT2D eigenvalue weighted by Crippen LogP contribution is 2.36. The number of thioether (sulfide) groups is 5. The first kappa shape index (κ1) is 27.1. The molecule has 0 N–H and O–H groups in total. The molecule has 0 bridgehead atoms. The third-order valence-corrected chi connectivity index (χ3v) is 9.45. The summed E-state index contributed by atoms with van der Waals surface area (Å²) in [7, 11) is 3.26. The molecule has 2 rings (SSSR count). The predicted octanol–water partition coefficient (Wildman–Crippen LogP) is 7.58. The quantitative estimate of drug-likeness (QED) is 0.212. The van der Waals surface area contributed by atoms with E-state index in [2.05, 4.69) is 35.9 Å². The largest absolute Gasteiger partial charge is 0.492 e. The number of hydrogen-bond donors (Lipinski definition) is 1. The van der Waals surface area contributed by atoms with Gasteiger partial charge in [-0.25, -0.2) is 0 Å². The molecule has 2 aromatic rings. The summed E-state index contributed by atoms with van der Waals surface area (Å²) in [6.45, 7) is 0. The van der Waals surface area contributed by atoms with Gasteiger partial charge in [-0.3, -0.25) is 0 Å². The van der Waals surface area contributed by atoms with Crippen LogP contribution in [-0.2, 0) is 0 Å². The van der Waals surface area contributed by atoms with Crippen molar-refractivity contribution in [1.29, 1.82) is 0 Å². The van der Waals surface area contributed by atoms with Crippen LogP contribution >= 0.6 is 94.1 Å². The Kier molecular flexibility index (Phi) is 20.2. The fraction of sp³-hybridized carbons (Fsp3) is 0.500. The zero-order chi connectivity index (χ0) is 19.6. The van der Waals surface area contributed by atoms with Gasteiger partial charge in [0.15, 0.2) is 11.5 Å². The van der Waals surface area contributed by atoms with Crippen LogP contribution in [-0.4, -0.2) is 48.2 Å². The van der Waals surface area contributed by atoms with Crippen LogP contribution in [0.15, 0.2) is 31.3 Å². The summed E-state index contributed by atoms with van der Waals surface area (Å²) in [5.41, 5.74) is 0. The summed E-state index contributed by atoms with van der Waals surface area (Å²) in [5, 5.41) is 11.6. The fourth-order valence-corrected chi connectivity index (χ4v) is 6.35. The van der Waals surface area contributed by atoms with E-state index in [1.165, 1.54) is 9.79 Å². The van der Waals surface area contributed by atoms with Gasteiger partial charge >= 0.3 is 0 Å². The first-order chi connectivity index (χ1) is 12.7. The molecule has 2 heterocycles. The molecule has 150 valence electrons. The van der Waals surface area contributed by atoms with Crippen molar-refractivity contribution < 1.29 is 9.47 Å². The lowest BCUT2D eigenvalue weighted by Crippen LogP contribution is -1.84. The highest BCUT2D eigenvalue weighted by atomic mass is 32.2. The molecule has 2 nitrogen and oxygen atoms in total. The normalized spacial score (nSPS) is 9.62. The highest BCUT2D eigenvalue weighted by Gasteiger charge is 2.04. The molecule has 0 spiro atoms. The van der Waals surface area contributed by atoms with E-state index in [0.717, 1.165) is 26.8 Å². The van der Waals surface area contributed by atoms with Crippen LogP contribution < -0.4 is 9.47 Å². The van der Waals surface area contributed by atoms with Crippen molar-refractivity contribution in [3.8, 4) is 11.5 Å². The molecule has 0 amide bonds. The molecule has 0 saturated carbocycles. The number of thiol groups is 1. The molecular formula is C16H26O2S8. The Hall–Kier alpha value is 1.10. The molecule has 0 saturated heterocycles. The van der Waals surface area contributed by atoms with Gasteiger partial charge in [-0.1, -0.05) is 0 Å². The summed E-state index contributed by atoms with van der Waals surface area (Å²) in [5.74, 6) is 1.62. The smallest absolute Gasteiger partial charge is 0.171 e. The number of ether oxygens (including phenoxy) is 2. The van der Waals surface area contributed by atoms with Gasteiger partial charge in [0.2, 0.25) is 0 Å². The molecule has 0 aliphatic carbocycles. The lowest BCUT2D eigenvalue weighted by atomic mass is 10.5. The van der Waals surface area contributed by atoms with Crippen molar-refractivity contribution in [2.75, 3.05) is 48.2 Å². The molecule has 0 unspecified atom stereocenters. The first-order valence-electron chi connectivity index (χ1n) is 7.21. The Balaban J connectivity index is 0.000000416. The average Bonchev–Trinajstić information content (AvgIpc) is 3.33. The number of hydrogen-bond acceptors (Lipinski definition) is 10. The standard InChI is InChI=1S/C8H12S5.C6H8O2S.C2H6S2/c1-9-5-12-7-3-11-4-8(7)13-6-10-2;1-7-5-3-9-4-6(5)8-2;1-4-2-3/h3-4H,5-6H2,1-2H3;3-4H,1-2H3;3H,2H2,1H3. The van der Waals surface area contributed by atoms with E-state index in [4.69, 9.17) is 9.47 Å². The minimum atomic E-state index is 0.808. The lowest BCUT2D eigenvalue weighted by molar-refractivity contribution is 0.358. The highest BCUT2D eigenvalue weighted by molar-refractivity contribution is 8.17. The Morgan fingerprint density at radius 3 is 1.46 bits per heavy atom. The summed E-state index contributed by atoms with van der Waals surface area (Å²) >= 11 is 16.6. The van der Waals surface area contributed by atoms with Gasteiger partial charge in [0.1, 0.15) is 0 Å². The maximum atomic E-state index is 4.96. The minimum absolute atomic E-state index is 0.808. The molecule has 0 atom stereocenters. The second-order valence-corrected chi connectivity index (χ2v) is 11.7. The molecule has 2 aromatic heterocycles. The molecule has 0 fully saturated rings.